The Morgan fingerprint density at radius 1 is 1.03 bits per heavy atom. The average molecular weight is 637 g/mol. The smallest absolute Gasteiger partial charge is 0.138 e. The van der Waals surface area contributed by atoms with E-state index in [9.17, 15) is 0 Å². The van der Waals surface area contributed by atoms with Gasteiger partial charge in [-0.1, -0.05) is 114 Å². The lowest BCUT2D eigenvalue weighted by Crippen LogP contribution is -2.10. The molecule has 7 rings (SSSR count). The van der Waals surface area contributed by atoms with Gasteiger partial charge in [0.05, 0.1) is 16.7 Å². The minimum absolute atomic E-state index is 0.502. The maximum atomic E-state index is 5.35. The molecule has 0 fully saturated rings. The van der Waals surface area contributed by atoms with E-state index < -0.39 is 0 Å². The molecular weight excluding hydrogens is 607 g/mol. The molecule has 3 aromatic carbocycles. The highest BCUT2D eigenvalue weighted by atomic mass is 127. The monoisotopic (exact) mass is 636 g/mol. The van der Waals surface area contributed by atoms with Gasteiger partial charge in [-0.05, 0) is 54.7 Å². The van der Waals surface area contributed by atoms with Gasteiger partial charge in [0.2, 0.25) is 0 Å². The summed E-state index contributed by atoms with van der Waals surface area (Å²) in [5, 5.41) is 3.21. The number of thioether (sulfide) groups is 1. The van der Waals surface area contributed by atoms with E-state index >= 15 is 0 Å². The molecule has 2 aliphatic rings. The van der Waals surface area contributed by atoms with Gasteiger partial charge in [0.25, 0.3) is 0 Å². The second kappa shape index (κ2) is 10.5. The first-order chi connectivity index (χ1) is 19.3. The number of benzene rings is 3. The molecular formula is C35H29IN2S. The highest BCUT2D eigenvalue weighted by Crippen LogP contribution is 2.53. The molecule has 0 saturated heterocycles. The van der Waals surface area contributed by atoms with Crippen LogP contribution in [0.2, 0.25) is 0 Å². The highest BCUT2D eigenvalue weighted by Gasteiger charge is 2.35. The first-order valence-electron chi connectivity index (χ1n) is 13.6. The number of aromatic nitrogens is 2. The lowest BCUT2D eigenvalue weighted by Gasteiger charge is -2.19. The zero-order valence-corrected chi connectivity index (χ0v) is 24.8. The maximum Gasteiger partial charge on any atom is 0.138 e. The van der Waals surface area contributed by atoms with Gasteiger partial charge in [0, 0.05) is 36.8 Å². The number of halogens is 1. The van der Waals surface area contributed by atoms with Crippen molar-refractivity contribution in [3.05, 3.63) is 120 Å². The van der Waals surface area contributed by atoms with Crippen molar-refractivity contribution in [1.82, 2.24) is 9.55 Å². The number of fused-ring (bicyclic) bond motifs is 7. The molecule has 0 radical (unpaired) electrons. The molecule has 2 nitrogen and oxygen atoms in total. The number of pyridine rings is 1. The first-order valence-corrected chi connectivity index (χ1v) is 16.0. The van der Waals surface area contributed by atoms with Crippen molar-refractivity contribution in [2.24, 2.45) is 0 Å². The Labute approximate surface area is 247 Å². The van der Waals surface area contributed by atoms with Crippen molar-refractivity contribution in [2.75, 3.05) is 4.43 Å². The topological polar surface area (TPSA) is 17.8 Å². The largest absolute Gasteiger partial charge is 0.293 e. The molecule has 0 saturated carbocycles. The van der Waals surface area contributed by atoms with Crippen LogP contribution in [0.1, 0.15) is 36.8 Å². The third-order valence-electron chi connectivity index (χ3n) is 7.90. The fraction of sp³-hybridized carbons (Fsp3) is 0.171. The number of nitrogens with zero attached hydrogens (tertiary/aromatic N) is 2. The van der Waals surface area contributed by atoms with Crippen LogP contribution in [-0.4, -0.2) is 19.2 Å². The van der Waals surface area contributed by atoms with Crippen molar-refractivity contribution in [2.45, 2.75) is 35.8 Å². The van der Waals surface area contributed by atoms with E-state index in [1.165, 1.54) is 56.2 Å². The first kappa shape index (κ1) is 24.9. The summed E-state index contributed by atoms with van der Waals surface area (Å²) in [6.45, 7) is 2.09. The standard InChI is InChI=1S/C35H29IN2S/c1-2-10-23(19-20-36)25-21-30(24-11-4-3-5-12-24)37-33(22-25)38-31-15-8-6-13-26(31)28-17-18-29-27-14-7-9-16-32(27)39-35(29)34(28)38/h2-8,10-15,17-19,21-22,27,32H,9,16,20H2,1H3/b10-2-,23-19+. The average Bonchev–Trinajstić information content (AvgIpc) is 3.53. The Balaban J connectivity index is 1.56. The SMILES string of the molecule is C/C=C\C(=C/CI)c1cc(-c2ccccc2)nc(-n2c3ccccc3c3ccc4c(c32)SC2CCC=CC42)c1. The minimum Gasteiger partial charge on any atom is -0.293 e. The summed E-state index contributed by atoms with van der Waals surface area (Å²) in [6.07, 6.45) is 13.9. The molecule has 0 amide bonds. The fourth-order valence-electron chi connectivity index (χ4n) is 6.16. The second-order valence-corrected chi connectivity index (χ2v) is 12.3. The Hall–Kier alpha value is -3.09. The lowest BCUT2D eigenvalue weighted by atomic mass is 9.89. The lowest BCUT2D eigenvalue weighted by molar-refractivity contribution is 0.683. The molecule has 39 heavy (non-hydrogen) atoms. The molecule has 2 unspecified atom stereocenters. The second-order valence-electron chi connectivity index (χ2n) is 10.2. The van der Waals surface area contributed by atoms with Gasteiger partial charge >= 0.3 is 0 Å². The Morgan fingerprint density at radius 3 is 2.72 bits per heavy atom. The molecule has 0 spiro atoms. The van der Waals surface area contributed by atoms with Crippen LogP contribution in [-0.2, 0) is 0 Å². The third kappa shape index (κ3) is 4.29. The molecule has 192 valence electrons. The van der Waals surface area contributed by atoms with Crippen molar-refractivity contribution in [3.8, 4) is 17.1 Å². The minimum atomic E-state index is 0.502. The molecule has 0 N–H and O–H groups in total. The van der Waals surface area contributed by atoms with Crippen LogP contribution in [0.5, 0.6) is 0 Å². The van der Waals surface area contributed by atoms with Crippen LogP contribution in [0.3, 0.4) is 0 Å². The number of allylic oxidation sites excluding steroid dienone is 6. The molecule has 4 heteroatoms. The van der Waals surface area contributed by atoms with Crippen molar-refractivity contribution < 1.29 is 0 Å². The summed E-state index contributed by atoms with van der Waals surface area (Å²) in [4.78, 5) is 6.78. The van der Waals surface area contributed by atoms with Crippen LogP contribution in [0.15, 0.2) is 114 Å². The van der Waals surface area contributed by atoms with Crippen molar-refractivity contribution >= 4 is 61.7 Å². The molecule has 3 heterocycles. The molecule has 0 bridgehead atoms. The van der Waals surface area contributed by atoms with Gasteiger partial charge in [-0.25, -0.2) is 4.98 Å². The number of alkyl halides is 1. The van der Waals surface area contributed by atoms with Gasteiger partial charge in [-0.15, -0.1) is 11.8 Å². The van der Waals surface area contributed by atoms with E-state index in [2.05, 4.69) is 155 Å². The summed E-state index contributed by atoms with van der Waals surface area (Å²) in [6, 6.07) is 28.6. The van der Waals surface area contributed by atoms with E-state index in [0.29, 0.717) is 11.2 Å². The highest BCUT2D eigenvalue weighted by molar-refractivity contribution is 14.1. The number of para-hydroxylation sites is 1. The van der Waals surface area contributed by atoms with Crippen molar-refractivity contribution in [3.63, 3.8) is 0 Å². The Morgan fingerprint density at radius 2 is 1.87 bits per heavy atom. The zero-order valence-electron chi connectivity index (χ0n) is 21.8. The van der Waals surface area contributed by atoms with E-state index in [-0.39, 0.29) is 0 Å². The van der Waals surface area contributed by atoms with Crippen LogP contribution in [0, 0.1) is 0 Å². The summed E-state index contributed by atoms with van der Waals surface area (Å²) >= 11 is 4.51. The number of rotatable bonds is 5. The van der Waals surface area contributed by atoms with E-state index in [1.54, 1.807) is 0 Å². The van der Waals surface area contributed by atoms with Gasteiger partial charge in [-0.2, -0.15) is 0 Å². The molecule has 1 aliphatic heterocycles. The van der Waals surface area contributed by atoms with E-state index in [4.69, 9.17) is 4.98 Å². The third-order valence-corrected chi connectivity index (χ3v) is 9.83. The molecule has 2 aromatic heterocycles. The van der Waals surface area contributed by atoms with Crippen molar-refractivity contribution in [1.29, 1.82) is 0 Å². The van der Waals surface area contributed by atoms with Crippen LogP contribution in [0.25, 0.3) is 44.5 Å². The number of hydrogen-bond acceptors (Lipinski definition) is 2. The van der Waals surface area contributed by atoms with E-state index in [1.807, 2.05) is 0 Å². The number of hydrogen-bond donors (Lipinski definition) is 0. The maximum absolute atomic E-state index is 5.35. The summed E-state index contributed by atoms with van der Waals surface area (Å²) in [5.74, 6) is 1.47. The normalized spacial score (nSPS) is 18.8. The van der Waals surface area contributed by atoms with Gasteiger partial charge in [-0.3, -0.25) is 4.57 Å². The zero-order chi connectivity index (χ0) is 26.3. The van der Waals surface area contributed by atoms with Gasteiger partial charge in [0.1, 0.15) is 5.82 Å². The quantitative estimate of drug-likeness (QED) is 0.0827. The van der Waals surface area contributed by atoms with E-state index in [0.717, 1.165) is 21.5 Å². The van der Waals surface area contributed by atoms with Crippen LogP contribution in [0.4, 0.5) is 0 Å². The van der Waals surface area contributed by atoms with Gasteiger partial charge < -0.3 is 0 Å². The Kier molecular flexibility index (Phi) is 6.69. The summed E-state index contributed by atoms with van der Waals surface area (Å²) in [7, 11) is 0. The molecule has 5 aromatic rings. The summed E-state index contributed by atoms with van der Waals surface area (Å²) < 4.78 is 3.39. The fourth-order valence-corrected chi connectivity index (χ4v) is 8.23. The predicted octanol–water partition coefficient (Wildman–Crippen LogP) is 10.1. The Bertz CT molecular complexity index is 1790. The predicted molar refractivity (Wildman–Crippen MR) is 176 cm³/mol. The molecule has 1 aliphatic carbocycles. The van der Waals surface area contributed by atoms with Crippen LogP contribution < -0.4 is 0 Å². The molecule has 2 atom stereocenters. The van der Waals surface area contributed by atoms with Crippen LogP contribution >= 0.6 is 34.4 Å². The summed E-state index contributed by atoms with van der Waals surface area (Å²) in [5.41, 5.74) is 8.52. The van der Waals surface area contributed by atoms with Gasteiger partial charge in [0.15, 0.2) is 0 Å².